The van der Waals surface area contributed by atoms with Crippen molar-refractivity contribution in [3.63, 3.8) is 0 Å². The molecular formula is C11H18O4. The fraction of sp³-hybridized carbons (Fsp3) is 0.636. The van der Waals surface area contributed by atoms with Gasteiger partial charge in [0, 0.05) is 20.3 Å². The van der Waals surface area contributed by atoms with Gasteiger partial charge >= 0.3 is 0 Å². The third-order valence-corrected chi connectivity index (χ3v) is 1.84. The van der Waals surface area contributed by atoms with Crippen LogP contribution in [0.4, 0.5) is 0 Å². The number of hydrogen-bond donors (Lipinski definition) is 0. The molecule has 0 saturated carbocycles. The van der Waals surface area contributed by atoms with Crippen LogP contribution in [0.3, 0.4) is 0 Å². The summed E-state index contributed by atoms with van der Waals surface area (Å²) >= 11 is 0. The molecule has 0 unspecified atom stereocenters. The number of rotatable bonds is 7. The summed E-state index contributed by atoms with van der Waals surface area (Å²) in [6.45, 7) is 5.48. The lowest BCUT2D eigenvalue weighted by Gasteiger charge is -2.13. The highest BCUT2D eigenvalue weighted by Crippen LogP contribution is 2.21. The van der Waals surface area contributed by atoms with E-state index in [1.807, 2.05) is 26.0 Å². The highest BCUT2D eigenvalue weighted by atomic mass is 16.7. The average molecular weight is 214 g/mol. The smallest absolute Gasteiger partial charge is 0.217 e. The van der Waals surface area contributed by atoms with Crippen LogP contribution in [0.5, 0.6) is 0 Å². The van der Waals surface area contributed by atoms with Crippen molar-refractivity contribution in [2.75, 3.05) is 20.3 Å². The van der Waals surface area contributed by atoms with E-state index in [-0.39, 0.29) is 0 Å². The Bertz CT molecular complexity index is 263. The van der Waals surface area contributed by atoms with Gasteiger partial charge in [-0.05, 0) is 26.0 Å². The maximum absolute atomic E-state index is 5.52. The predicted octanol–water partition coefficient (Wildman–Crippen LogP) is 2.50. The second kappa shape index (κ2) is 6.61. The van der Waals surface area contributed by atoms with Gasteiger partial charge in [-0.3, -0.25) is 0 Å². The van der Waals surface area contributed by atoms with Crippen LogP contribution in [0.2, 0.25) is 0 Å². The van der Waals surface area contributed by atoms with Crippen LogP contribution in [0.1, 0.15) is 31.7 Å². The summed E-state index contributed by atoms with van der Waals surface area (Å²) in [5.41, 5.74) is 0. The molecule has 0 aromatic carbocycles. The molecule has 1 aromatic rings. The minimum atomic E-state index is -0.411. The van der Waals surface area contributed by atoms with Gasteiger partial charge in [-0.15, -0.1) is 0 Å². The van der Waals surface area contributed by atoms with E-state index in [1.54, 1.807) is 7.11 Å². The van der Waals surface area contributed by atoms with Crippen LogP contribution >= 0.6 is 0 Å². The van der Waals surface area contributed by atoms with Crippen molar-refractivity contribution in [3.05, 3.63) is 23.7 Å². The molecular weight excluding hydrogens is 196 g/mol. The van der Waals surface area contributed by atoms with Crippen LogP contribution in [-0.2, 0) is 20.8 Å². The highest BCUT2D eigenvalue weighted by molar-refractivity contribution is 5.07. The standard InChI is InChI=1S/C11H18O4/c1-4-13-11(14-5-2)10-7-6-9(15-10)8-12-3/h6-7,11H,4-5,8H2,1-3H3. The molecule has 1 rings (SSSR count). The van der Waals surface area contributed by atoms with Gasteiger partial charge in [-0.2, -0.15) is 0 Å². The summed E-state index contributed by atoms with van der Waals surface area (Å²) in [7, 11) is 1.63. The van der Waals surface area contributed by atoms with E-state index in [4.69, 9.17) is 18.6 Å². The molecule has 0 saturated heterocycles. The zero-order valence-corrected chi connectivity index (χ0v) is 9.49. The van der Waals surface area contributed by atoms with E-state index in [2.05, 4.69) is 0 Å². The van der Waals surface area contributed by atoms with Gasteiger partial charge < -0.3 is 18.6 Å². The summed E-state index contributed by atoms with van der Waals surface area (Å²) in [6.07, 6.45) is -0.411. The van der Waals surface area contributed by atoms with Crippen LogP contribution in [0.25, 0.3) is 0 Å². The van der Waals surface area contributed by atoms with E-state index in [1.165, 1.54) is 0 Å². The van der Waals surface area contributed by atoms with Crippen molar-refractivity contribution < 1.29 is 18.6 Å². The van der Waals surface area contributed by atoms with E-state index >= 15 is 0 Å². The third kappa shape index (κ3) is 3.66. The molecule has 1 aromatic heterocycles. The maximum atomic E-state index is 5.52. The number of methoxy groups -OCH3 is 1. The Hall–Kier alpha value is -0.840. The first-order chi connectivity index (χ1) is 7.31. The Balaban J connectivity index is 2.63. The fourth-order valence-corrected chi connectivity index (χ4v) is 1.26. The Morgan fingerprint density at radius 3 is 2.40 bits per heavy atom. The van der Waals surface area contributed by atoms with Gasteiger partial charge in [0.2, 0.25) is 6.29 Å². The van der Waals surface area contributed by atoms with Crippen molar-refractivity contribution in [1.82, 2.24) is 0 Å². The highest BCUT2D eigenvalue weighted by Gasteiger charge is 2.15. The van der Waals surface area contributed by atoms with Gasteiger partial charge in [-0.1, -0.05) is 0 Å². The summed E-state index contributed by atoms with van der Waals surface area (Å²) in [4.78, 5) is 0. The molecule has 0 atom stereocenters. The molecule has 15 heavy (non-hydrogen) atoms. The van der Waals surface area contributed by atoms with Gasteiger partial charge in [0.15, 0.2) is 5.76 Å². The Morgan fingerprint density at radius 2 is 1.87 bits per heavy atom. The molecule has 0 aliphatic carbocycles. The lowest BCUT2D eigenvalue weighted by atomic mass is 10.4. The minimum absolute atomic E-state index is 0.411. The second-order valence-corrected chi connectivity index (χ2v) is 2.98. The first-order valence-electron chi connectivity index (χ1n) is 5.12. The normalized spacial score (nSPS) is 11.2. The van der Waals surface area contributed by atoms with Crippen LogP contribution in [-0.4, -0.2) is 20.3 Å². The van der Waals surface area contributed by atoms with Gasteiger partial charge in [-0.25, -0.2) is 0 Å². The van der Waals surface area contributed by atoms with Crippen molar-refractivity contribution in [2.24, 2.45) is 0 Å². The Kier molecular flexibility index (Phi) is 5.39. The van der Waals surface area contributed by atoms with Crippen molar-refractivity contribution in [3.8, 4) is 0 Å². The zero-order valence-electron chi connectivity index (χ0n) is 9.49. The van der Waals surface area contributed by atoms with E-state index in [0.717, 1.165) is 5.76 Å². The van der Waals surface area contributed by atoms with Crippen LogP contribution < -0.4 is 0 Å². The quantitative estimate of drug-likeness (QED) is 0.654. The molecule has 4 nitrogen and oxygen atoms in total. The Morgan fingerprint density at radius 1 is 1.20 bits per heavy atom. The second-order valence-electron chi connectivity index (χ2n) is 2.98. The summed E-state index contributed by atoms with van der Waals surface area (Å²) < 4.78 is 21.3. The number of ether oxygens (including phenoxy) is 3. The molecule has 0 aliphatic rings. The van der Waals surface area contributed by atoms with Crippen molar-refractivity contribution >= 4 is 0 Å². The molecule has 4 heteroatoms. The first-order valence-corrected chi connectivity index (χ1v) is 5.12. The van der Waals surface area contributed by atoms with Gasteiger partial charge in [0.05, 0.1) is 0 Å². The number of furan rings is 1. The lowest BCUT2D eigenvalue weighted by molar-refractivity contribution is -0.151. The SMILES string of the molecule is CCOC(OCC)c1ccc(COC)o1. The molecule has 0 amide bonds. The van der Waals surface area contributed by atoms with Crippen LogP contribution in [0, 0.1) is 0 Å². The van der Waals surface area contributed by atoms with Gasteiger partial charge in [0.1, 0.15) is 12.4 Å². The Labute approximate surface area is 90.1 Å². The number of hydrogen-bond acceptors (Lipinski definition) is 4. The summed E-state index contributed by atoms with van der Waals surface area (Å²) in [6, 6.07) is 3.72. The maximum Gasteiger partial charge on any atom is 0.217 e. The molecule has 0 fully saturated rings. The van der Waals surface area contributed by atoms with Crippen molar-refractivity contribution in [2.45, 2.75) is 26.7 Å². The van der Waals surface area contributed by atoms with Gasteiger partial charge in [0.25, 0.3) is 0 Å². The third-order valence-electron chi connectivity index (χ3n) is 1.84. The monoisotopic (exact) mass is 214 g/mol. The molecule has 0 radical (unpaired) electrons. The fourth-order valence-electron chi connectivity index (χ4n) is 1.26. The zero-order chi connectivity index (χ0) is 11.1. The molecule has 86 valence electrons. The molecule has 0 aliphatic heterocycles. The summed E-state index contributed by atoms with van der Waals surface area (Å²) in [5.74, 6) is 1.46. The lowest BCUT2D eigenvalue weighted by Crippen LogP contribution is -2.07. The molecule has 1 heterocycles. The molecule has 0 N–H and O–H groups in total. The van der Waals surface area contributed by atoms with E-state index in [9.17, 15) is 0 Å². The largest absolute Gasteiger partial charge is 0.458 e. The summed E-state index contributed by atoms with van der Waals surface area (Å²) in [5, 5.41) is 0. The molecule has 0 bridgehead atoms. The first kappa shape index (κ1) is 12.2. The predicted molar refractivity (Wildman–Crippen MR) is 55.4 cm³/mol. The minimum Gasteiger partial charge on any atom is -0.458 e. The molecule has 0 spiro atoms. The topological polar surface area (TPSA) is 40.8 Å². The van der Waals surface area contributed by atoms with E-state index in [0.29, 0.717) is 25.6 Å². The van der Waals surface area contributed by atoms with Crippen LogP contribution in [0.15, 0.2) is 16.5 Å². The average Bonchev–Trinajstić information content (AvgIpc) is 2.67. The van der Waals surface area contributed by atoms with Crippen molar-refractivity contribution in [1.29, 1.82) is 0 Å². The van der Waals surface area contributed by atoms with E-state index < -0.39 is 6.29 Å².